The molecule has 0 saturated heterocycles. The van der Waals surface area contributed by atoms with E-state index in [-0.39, 0.29) is 18.1 Å². The number of carbonyl (C=O) groups excluding carboxylic acids is 2. The molecule has 7 heteroatoms. The first kappa shape index (κ1) is 16.0. The van der Waals surface area contributed by atoms with Crippen LogP contribution in [0.2, 0.25) is 0 Å². The van der Waals surface area contributed by atoms with E-state index in [4.69, 9.17) is 9.26 Å². The predicted molar refractivity (Wildman–Crippen MR) is 69.5 cm³/mol. The number of rotatable bonds is 7. The first-order chi connectivity index (χ1) is 9.51. The Hall–Kier alpha value is -2.05. The minimum Gasteiger partial charge on any atom is -0.469 e. The Morgan fingerprint density at radius 3 is 2.60 bits per heavy atom. The molecule has 0 amide bonds. The zero-order valence-corrected chi connectivity index (χ0v) is 11.9. The molecular weight excluding hydrogens is 266 g/mol. The third-order valence-electron chi connectivity index (χ3n) is 2.83. The van der Waals surface area contributed by atoms with Crippen LogP contribution in [0, 0.1) is 6.92 Å². The molecule has 1 aromatic rings. The molecule has 0 aromatic carbocycles. The summed E-state index contributed by atoms with van der Waals surface area (Å²) in [6.07, 6.45) is 1.56. The zero-order chi connectivity index (χ0) is 15.1. The van der Waals surface area contributed by atoms with Gasteiger partial charge in [-0.1, -0.05) is 0 Å². The van der Waals surface area contributed by atoms with Crippen molar-refractivity contribution < 1.29 is 23.6 Å². The fraction of sp³-hybridized carbons (Fsp3) is 0.615. The lowest BCUT2D eigenvalue weighted by molar-refractivity contribution is -0.140. The van der Waals surface area contributed by atoms with E-state index in [2.05, 4.69) is 4.74 Å². The number of nitrogens with zero attached hydrogens (tertiary/aromatic N) is 1. The van der Waals surface area contributed by atoms with E-state index < -0.39 is 11.6 Å². The lowest BCUT2D eigenvalue weighted by atomic mass is 10.2. The SMILES string of the molecule is CCOC(=O)c1c(C)n(CCCCC(=O)OC)oc1=O. The smallest absolute Gasteiger partial charge is 0.372 e. The van der Waals surface area contributed by atoms with Crippen LogP contribution >= 0.6 is 0 Å². The van der Waals surface area contributed by atoms with Crippen molar-refractivity contribution in [1.82, 2.24) is 4.74 Å². The number of unbranched alkanes of at least 4 members (excludes halogenated alkanes) is 1. The second-order valence-electron chi connectivity index (χ2n) is 4.19. The van der Waals surface area contributed by atoms with Crippen LogP contribution in [0.3, 0.4) is 0 Å². The summed E-state index contributed by atoms with van der Waals surface area (Å²) in [5.41, 5.74) is -0.333. The van der Waals surface area contributed by atoms with Gasteiger partial charge < -0.3 is 14.0 Å². The van der Waals surface area contributed by atoms with Crippen molar-refractivity contribution >= 4 is 11.9 Å². The van der Waals surface area contributed by atoms with Gasteiger partial charge in [0.1, 0.15) is 0 Å². The van der Waals surface area contributed by atoms with Gasteiger partial charge in [0.25, 0.3) is 0 Å². The van der Waals surface area contributed by atoms with Crippen LogP contribution in [0.1, 0.15) is 42.2 Å². The van der Waals surface area contributed by atoms with E-state index in [1.807, 2.05) is 0 Å². The molecule has 20 heavy (non-hydrogen) atoms. The van der Waals surface area contributed by atoms with Gasteiger partial charge in [0.05, 0.1) is 26.0 Å². The Labute approximate surface area is 116 Å². The molecule has 0 fully saturated rings. The Kier molecular flexibility index (Phi) is 6.02. The molecule has 0 aliphatic heterocycles. The zero-order valence-electron chi connectivity index (χ0n) is 11.9. The molecule has 0 saturated carbocycles. The van der Waals surface area contributed by atoms with Crippen molar-refractivity contribution in [2.45, 2.75) is 39.7 Å². The standard InChI is InChI=1S/C13H19NO6/c1-4-19-12(16)11-9(2)14(20-13(11)17)8-6-5-7-10(15)18-3/h4-8H2,1-3H3. The van der Waals surface area contributed by atoms with E-state index in [0.717, 1.165) is 0 Å². The fourth-order valence-electron chi connectivity index (χ4n) is 1.76. The highest BCUT2D eigenvalue weighted by molar-refractivity contribution is 5.89. The van der Waals surface area contributed by atoms with Gasteiger partial charge in [0.2, 0.25) is 0 Å². The normalized spacial score (nSPS) is 10.3. The van der Waals surface area contributed by atoms with Crippen molar-refractivity contribution in [2.24, 2.45) is 0 Å². The molecule has 0 unspecified atom stereocenters. The number of hydrogen-bond acceptors (Lipinski definition) is 6. The second kappa shape index (κ2) is 7.52. The summed E-state index contributed by atoms with van der Waals surface area (Å²) < 4.78 is 15.7. The Morgan fingerprint density at radius 2 is 2.00 bits per heavy atom. The first-order valence-corrected chi connectivity index (χ1v) is 6.45. The van der Waals surface area contributed by atoms with Crippen molar-refractivity contribution in [3.05, 3.63) is 21.7 Å². The highest BCUT2D eigenvalue weighted by Crippen LogP contribution is 2.09. The molecule has 0 aliphatic carbocycles. The summed E-state index contributed by atoms with van der Waals surface area (Å²) in [7, 11) is 1.34. The van der Waals surface area contributed by atoms with E-state index >= 15 is 0 Å². The van der Waals surface area contributed by atoms with Crippen LogP contribution in [0.25, 0.3) is 0 Å². The summed E-state index contributed by atoms with van der Waals surface area (Å²) in [5.74, 6) is -0.949. The number of ether oxygens (including phenoxy) is 2. The molecule has 0 spiro atoms. The van der Waals surface area contributed by atoms with Gasteiger partial charge in [-0.25, -0.2) is 14.3 Å². The molecule has 1 aromatic heterocycles. The molecule has 0 bridgehead atoms. The number of esters is 2. The van der Waals surface area contributed by atoms with Gasteiger partial charge in [-0.05, 0) is 26.7 Å². The third kappa shape index (κ3) is 3.97. The lowest BCUT2D eigenvalue weighted by Crippen LogP contribution is -2.14. The van der Waals surface area contributed by atoms with Crippen LogP contribution in [-0.2, 0) is 20.8 Å². The van der Waals surface area contributed by atoms with Gasteiger partial charge in [-0.3, -0.25) is 4.79 Å². The summed E-state index contributed by atoms with van der Waals surface area (Å²) >= 11 is 0. The average Bonchev–Trinajstić information content (AvgIpc) is 2.69. The summed E-state index contributed by atoms with van der Waals surface area (Å²) in [6.45, 7) is 3.90. The summed E-state index contributed by atoms with van der Waals surface area (Å²) in [5, 5.41) is 0. The van der Waals surface area contributed by atoms with Gasteiger partial charge >= 0.3 is 17.6 Å². The van der Waals surface area contributed by atoms with Gasteiger partial charge in [0, 0.05) is 6.42 Å². The molecule has 7 nitrogen and oxygen atoms in total. The maximum atomic E-state index is 11.6. The maximum absolute atomic E-state index is 11.6. The molecule has 0 aliphatic rings. The number of aromatic nitrogens is 1. The maximum Gasteiger partial charge on any atom is 0.372 e. The largest absolute Gasteiger partial charge is 0.469 e. The van der Waals surface area contributed by atoms with E-state index in [0.29, 0.717) is 31.5 Å². The van der Waals surface area contributed by atoms with Crippen LogP contribution in [0.4, 0.5) is 0 Å². The van der Waals surface area contributed by atoms with E-state index in [1.54, 1.807) is 13.8 Å². The minimum atomic E-state index is -0.700. The second-order valence-corrected chi connectivity index (χ2v) is 4.19. The topological polar surface area (TPSA) is 87.7 Å². The number of carbonyl (C=O) groups is 2. The monoisotopic (exact) mass is 285 g/mol. The molecule has 0 atom stereocenters. The first-order valence-electron chi connectivity index (χ1n) is 6.45. The van der Waals surface area contributed by atoms with Crippen LogP contribution in [0.15, 0.2) is 9.32 Å². The van der Waals surface area contributed by atoms with Crippen molar-refractivity contribution in [3.8, 4) is 0 Å². The third-order valence-corrected chi connectivity index (χ3v) is 2.83. The van der Waals surface area contributed by atoms with Crippen molar-refractivity contribution in [1.29, 1.82) is 0 Å². The predicted octanol–water partition coefficient (Wildman–Crippen LogP) is 1.27. The summed E-state index contributed by atoms with van der Waals surface area (Å²) in [4.78, 5) is 34.1. The Balaban J connectivity index is 2.64. The Bertz CT molecular complexity index is 527. The lowest BCUT2D eigenvalue weighted by Gasteiger charge is -2.03. The van der Waals surface area contributed by atoms with Gasteiger partial charge in [-0.15, -0.1) is 0 Å². The highest BCUT2D eigenvalue weighted by Gasteiger charge is 2.21. The van der Waals surface area contributed by atoms with Crippen molar-refractivity contribution in [3.63, 3.8) is 0 Å². The quantitative estimate of drug-likeness (QED) is 0.553. The van der Waals surface area contributed by atoms with Crippen LogP contribution in [0.5, 0.6) is 0 Å². The van der Waals surface area contributed by atoms with E-state index in [1.165, 1.54) is 11.8 Å². The number of methoxy groups -OCH3 is 1. The molecule has 112 valence electrons. The van der Waals surface area contributed by atoms with E-state index in [9.17, 15) is 14.4 Å². The molecule has 0 radical (unpaired) electrons. The molecule has 0 N–H and O–H groups in total. The summed E-state index contributed by atoms with van der Waals surface area (Å²) in [6, 6.07) is 0. The van der Waals surface area contributed by atoms with Gasteiger partial charge in [-0.2, -0.15) is 0 Å². The van der Waals surface area contributed by atoms with Crippen LogP contribution in [-0.4, -0.2) is 30.4 Å². The van der Waals surface area contributed by atoms with Gasteiger partial charge in [0.15, 0.2) is 5.56 Å². The molecule has 1 rings (SSSR count). The average molecular weight is 285 g/mol. The van der Waals surface area contributed by atoms with Crippen molar-refractivity contribution in [2.75, 3.05) is 13.7 Å². The number of hydrogen-bond donors (Lipinski definition) is 0. The molecular formula is C13H19NO6. The van der Waals surface area contributed by atoms with Crippen LogP contribution < -0.4 is 5.63 Å². The molecule has 1 heterocycles. The number of aryl methyl sites for hydroxylation is 1. The fourth-order valence-corrected chi connectivity index (χ4v) is 1.76. The highest BCUT2D eigenvalue weighted by atomic mass is 16.5. The minimum absolute atomic E-state index is 0.0696. The Morgan fingerprint density at radius 1 is 1.30 bits per heavy atom.